The number of aromatic nitrogens is 6. The predicted molar refractivity (Wildman–Crippen MR) is 255 cm³/mol. The lowest BCUT2D eigenvalue weighted by Gasteiger charge is -2.23. The summed E-state index contributed by atoms with van der Waals surface area (Å²) in [6.45, 7) is 0. The Morgan fingerprint density at radius 1 is 0.258 bits per heavy atom. The Morgan fingerprint density at radius 3 is 0.984 bits per heavy atom. The molecule has 0 aliphatic rings. The van der Waals surface area contributed by atoms with Crippen molar-refractivity contribution >= 4 is 65.4 Å². The van der Waals surface area contributed by atoms with Crippen LogP contribution in [-0.4, -0.2) is 28.5 Å². The van der Waals surface area contributed by atoms with Gasteiger partial charge in [0.25, 0.3) is 0 Å². The highest BCUT2D eigenvalue weighted by Crippen LogP contribution is 2.45. The quantitative estimate of drug-likeness (QED) is 0.168. The average Bonchev–Trinajstić information content (AvgIpc) is 4.10. The van der Waals surface area contributed by atoms with Crippen LogP contribution in [0.25, 0.3) is 111 Å². The van der Waals surface area contributed by atoms with Crippen molar-refractivity contribution in [1.82, 2.24) is 28.5 Å². The molecule has 0 saturated carbocycles. The maximum Gasteiger partial charge on any atom is 0.173 e. The summed E-state index contributed by atoms with van der Waals surface area (Å²) >= 11 is 0. The van der Waals surface area contributed by atoms with E-state index in [0.29, 0.717) is 0 Å². The van der Waals surface area contributed by atoms with Gasteiger partial charge < -0.3 is 13.7 Å². The van der Waals surface area contributed by atoms with E-state index in [2.05, 4.69) is 231 Å². The van der Waals surface area contributed by atoms with Crippen molar-refractivity contribution in [1.29, 1.82) is 0 Å². The molecular formula is C56H36N6. The number of para-hydroxylation sites is 7. The van der Waals surface area contributed by atoms with Crippen molar-refractivity contribution in [3.05, 3.63) is 218 Å². The van der Waals surface area contributed by atoms with Crippen LogP contribution < -0.4 is 0 Å². The molecule has 0 aliphatic carbocycles. The zero-order chi connectivity index (χ0) is 40.7. The first kappa shape index (κ1) is 34.4. The number of hydrogen-bond donors (Lipinski definition) is 0. The van der Waals surface area contributed by atoms with E-state index in [-0.39, 0.29) is 0 Å². The zero-order valence-corrected chi connectivity index (χ0v) is 33.5. The molecule has 4 heterocycles. The van der Waals surface area contributed by atoms with E-state index in [1.165, 1.54) is 32.3 Å². The second-order valence-corrected chi connectivity index (χ2v) is 15.9. The van der Waals surface area contributed by atoms with Gasteiger partial charge in [0, 0.05) is 43.6 Å². The van der Waals surface area contributed by atoms with Crippen LogP contribution in [0.5, 0.6) is 0 Å². The highest BCUT2D eigenvalue weighted by atomic mass is 15.3. The van der Waals surface area contributed by atoms with E-state index in [0.717, 1.165) is 78.6 Å². The fraction of sp³-hybridized carbons (Fsp3) is 0. The second-order valence-electron chi connectivity index (χ2n) is 15.9. The van der Waals surface area contributed by atoms with Crippen molar-refractivity contribution in [2.75, 3.05) is 0 Å². The highest BCUT2D eigenvalue weighted by molar-refractivity contribution is 6.13. The Labute approximate surface area is 356 Å². The molecule has 0 fully saturated rings. The standard InChI is InChI=1S/C56H36N6/c1-3-19-37(20-4-1)55-57-58-56(60(55)38-21-5-2-6-22-38)54-52(61-48-31-15-9-25-42(48)43-26-10-16-32-49(43)61)35-39(59-46-29-13-7-23-40(46)41-24-8-14-30-47(41)59)36-53(54)62-50-33-17-11-27-44(50)45-28-12-18-34-51(45)62/h1-36H. The SMILES string of the molecule is c1ccc(-c2nnc(-c3c(-n4c5ccccc5c5ccccc54)cc(-n4c5ccccc5c5ccccc54)cc3-n3c4ccccc4c4ccccc43)n2-c2ccccc2)cc1. The molecule has 0 amide bonds. The van der Waals surface area contributed by atoms with Crippen molar-refractivity contribution in [2.45, 2.75) is 0 Å². The number of nitrogens with zero attached hydrogens (tertiary/aromatic N) is 6. The second kappa shape index (κ2) is 13.5. The Morgan fingerprint density at radius 2 is 0.581 bits per heavy atom. The van der Waals surface area contributed by atoms with E-state index in [1.54, 1.807) is 0 Å². The van der Waals surface area contributed by atoms with Crippen LogP contribution >= 0.6 is 0 Å². The molecule has 0 bridgehead atoms. The van der Waals surface area contributed by atoms with Gasteiger partial charge in [0.05, 0.1) is 55.7 Å². The van der Waals surface area contributed by atoms with Gasteiger partial charge >= 0.3 is 0 Å². The smallest absolute Gasteiger partial charge is 0.173 e. The molecule has 0 atom stereocenters. The average molecular weight is 793 g/mol. The maximum absolute atomic E-state index is 5.27. The van der Waals surface area contributed by atoms with Crippen molar-refractivity contribution in [2.24, 2.45) is 0 Å². The largest absolute Gasteiger partial charge is 0.309 e. The Kier molecular flexibility index (Phi) is 7.50. The topological polar surface area (TPSA) is 45.5 Å². The first-order chi connectivity index (χ1) is 30.8. The van der Waals surface area contributed by atoms with Gasteiger partial charge in [-0.15, -0.1) is 10.2 Å². The van der Waals surface area contributed by atoms with Gasteiger partial charge in [0.15, 0.2) is 11.6 Å². The van der Waals surface area contributed by atoms with Crippen LogP contribution in [0.3, 0.4) is 0 Å². The molecule has 0 saturated heterocycles. The van der Waals surface area contributed by atoms with Gasteiger partial charge in [-0.2, -0.15) is 0 Å². The third-order valence-electron chi connectivity index (χ3n) is 12.5. The molecule has 4 aromatic heterocycles. The molecule has 0 N–H and O–H groups in total. The fourth-order valence-electron chi connectivity index (χ4n) is 9.92. The van der Waals surface area contributed by atoms with Gasteiger partial charge in [0.2, 0.25) is 0 Å². The first-order valence-electron chi connectivity index (χ1n) is 21.0. The summed E-state index contributed by atoms with van der Waals surface area (Å²) in [7, 11) is 0. The number of fused-ring (bicyclic) bond motifs is 9. The molecular weight excluding hydrogens is 757 g/mol. The molecule has 290 valence electrons. The molecule has 6 heteroatoms. The Balaban J connectivity index is 1.29. The van der Waals surface area contributed by atoms with Crippen molar-refractivity contribution < 1.29 is 0 Å². The minimum absolute atomic E-state index is 0.734. The molecule has 13 rings (SSSR count). The summed E-state index contributed by atoms with van der Waals surface area (Å²) in [6.07, 6.45) is 0. The molecule has 6 nitrogen and oxygen atoms in total. The van der Waals surface area contributed by atoms with E-state index < -0.39 is 0 Å². The fourth-order valence-corrected chi connectivity index (χ4v) is 9.92. The normalized spacial score (nSPS) is 11.9. The van der Waals surface area contributed by atoms with Gasteiger partial charge in [-0.05, 0) is 60.7 Å². The van der Waals surface area contributed by atoms with Crippen molar-refractivity contribution in [3.8, 4) is 45.5 Å². The Bertz CT molecular complexity index is 3570. The number of hydrogen-bond acceptors (Lipinski definition) is 2. The lowest BCUT2D eigenvalue weighted by Crippen LogP contribution is -2.10. The summed E-state index contributed by atoms with van der Waals surface area (Å²) < 4.78 is 9.56. The third kappa shape index (κ3) is 4.98. The minimum Gasteiger partial charge on any atom is -0.309 e. The maximum atomic E-state index is 5.27. The summed E-state index contributed by atoms with van der Waals surface area (Å²) in [5, 5.41) is 17.5. The first-order valence-corrected chi connectivity index (χ1v) is 21.0. The molecule has 62 heavy (non-hydrogen) atoms. The molecule has 0 aliphatic heterocycles. The number of benzene rings is 9. The lowest BCUT2D eigenvalue weighted by molar-refractivity contribution is 1.04. The van der Waals surface area contributed by atoms with Gasteiger partial charge in [-0.3, -0.25) is 4.57 Å². The predicted octanol–water partition coefficient (Wildman–Crippen LogP) is 13.9. The van der Waals surface area contributed by atoms with E-state index in [4.69, 9.17) is 10.2 Å². The van der Waals surface area contributed by atoms with Crippen LogP contribution in [0.4, 0.5) is 0 Å². The summed E-state index contributed by atoms with van der Waals surface area (Å²) in [4.78, 5) is 0. The summed E-state index contributed by atoms with van der Waals surface area (Å²) in [5.74, 6) is 1.50. The Hall–Kier alpha value is -8.48. The van der Waals surface area contributed by atoms with E-state index >= 15 is 0 Å². The third-order valence-corrected chi connectivity index (χ3v) is 12.5. The summed E-state index contributed by atoms with van der Waals surface area (Å²) in [5.41, 5.74) is 12.6. The van der Waals surface area contributed by atoms with Crippen LogP contribution in [0.15, 0.2) is 218 Å². The van der Waals surface area contributed by atoms with Crippen LogP contribution in [0.2, 0.25) is 0 Å². The van der Waals surface area contributed by atoms with Crippen molar-refractivity contribution in [3.63, 3.8) is 0 Å². The van der Waals surface area contributed by atoms with E-state index in [9.17, 15) is 0 Å². The summed E-state index contributed by atoms with van der Waals surface area (Å²) in [6, 6.07) is 78.1. The van der Waals surface area contributed by atoms with Gasteiger partial charge in [-0.1, -0.05) is 158 Å². The lowest BCUT2D eigenvalue weighted by atomic mass is 10.0. The van der Waals surface area contributed by atoms with Gasteiger partial charge in [0.1, 0.15) is 0 Å². The molecule has 13 aromatic rings. The zero-order valence-electron chi connectivity index (χ0n) is 33.5. The monoisotopic (exact) mass is 792 g/mol. The van der Waals surface area contributed by atoms with Crippen LogP contribution in [0, 0.1) is 0 Å². The molecule has 9 aromatic carbocycles. The highest BCUT2D eigenvalue weighted by Gasteiger charge is 2.29. The molecule has 0 radical (unpaired) electrons. The molecule has 0 unspecified atom stereocenters. The van der Waals surface area contributed by atoms with Crippen LogP contribution in [0.1, 0.15) is 0 Å². The van der Waals surface area contributed by atoms with Gasteiger partial charge in [-0.25, -0.2) is 0 Å². The van der Waals surface area contributed by atoms with Crippen LogP contribution in [-0.2, 0) is 0 Å². The minimum atomic E-state index is 0.734. The number of rotatable bonds is 6. The molecule has 0 spiro atoms. The van der Waals surface area contributed by atoms with E-state index in [1.807, 2.05) is 6.07 Å².